The van der Waals surface area contributed by atoms with Crippen molar-refractivity contribution in [2.45, 2.75) is 83.0 Å². The van der Waals surface area contributed by atoms with Crippen LogP contribution in [0.3, 0.4) is 0 Å². The minimum Gasteiger partial charge on any atom is -0.342 e. The average molecular weight is 411 g/mol. The summed E-state index contributed by atoms with van der Waals surface area (Å²) in [4.78, 5) is 30.5. The molecular weight excluding hydrogens is 372 g/mol. The Morgan fingerprint density at radius 3 is 1.90 bits per heavy atom. The lowest BCUT2D eigenvalue weighted by Gasteiger charge is -2.36. The van der Waals surface area contributed by atoms with Gasteiger partial charge in [0.15, 0.2) is 0 Å². The molecule has 0 N–H and O–H groups in total. The van der Waals surface area contributed by atoms with Crippen LogP contribution < -0.4 is 0 Å². The second kappa shape index (κ2) is 8.36. The molecule has 4 heteroatoms. The fraction of sp³-hybridized carbons (Fsp3) is 0.692. The molecular formula is C26H38N2O2. The van der Waals surface area contributed by atoms with Gasteiger partial charge >= 0.3 is 0 Å². The highest BCUT2D eigenvalue weighted by molar-refractivity contribution is 5.91. The Labute approximate surface area is 182 Å². The summed E-state index contributed by atoms with van der Waals surface area (Å²) in [6.45, 7) is 9.96. The van der Waals surface area contributed by atoms with Crippen LogP contribution in [0.1, 0.15) is 83.3 Å². The largest absolute Gasteiger partial charge is 0.342 e. The van der Waals surface area contributed by atoms with Gasteiger partial charge in [-0.15, -0.1) is 0 Å². The van der Waals surface area contributed by atoms with Gasteiger partial charge in [-0.1, -0.05) is 57.9 Å². The number of benzene rings is 1. The summed E-state index contributed by atoms with van der Waals surface area (Å²) in [7, 11) is 0. The second-order valence-corrected chi connectivity index (χ2v) is 10.7. The van der Waals surface area contributed by atoms with Crippen molar-refractivity contribution in [3.05, 3.63) is 35.4 Å². The van der Waals surface area contributed by atoms with Crippen LogP contribution in [0.2, 0.25) is 0 Å². The molecule has 3 fully saturated rings. The number of carbonyl (C=O) groups is 2. The summed E-state index contributed by atoms with van der Waals surface area (Å²) >= 11 is 0. The standard InChI is InChI=1S/C26H38N2O2/c1-25(2,3)21-8-10-22(11-9-21)26(14-15-26)24(30)28-18-12-20(13-19-28)23(29)27-16-6-4-5-7-17-27/h8-11,20H,4-7,12-19H2,1-3H3. The molecule has 2 aliphatic heterocycles. The van der Waals surface area contributed by atoms with Gasteiger partial charge in [-0.05, 0) is 55.1 Å². The average Bonchev–Trinajstić information content (AvgIpc) is 3.57. The zero-order valence-electron chi connectivity index (χ0n) is 19.1. The third kappa shape index (κ3) is 4.29. The Bertz CT molecular complexity index is 757. The van der Waals surface area contributed by atoms with Crippen LogP contribution in [0.5, 0.6) is 0 Å². The number of nitrogens with zero attached hydrogens (tertiary/aromatic N) is 2. The molecule has 164 valence electrons. The lowest BCUT2D eigenvalue weighted by atomic mass is 9.84. The van der Waals surface area contributed by atoms with Crippen LogP contribution in [0, 0.1) is 5.92 Å². The second-order valence-electron chi connectivity index (χ2n) is 10.7. The van der Waals surface area contributed by atoms with Gasteiger partial charge in [0.25, 0.3) is 0 Å². The van der Waals surface area contributed by atoms with Gasteiger partial charge in [-0.2, -0.15) is 0 Å². The third-order valence-corrected chi connectivity index (χ3v) is 7.51. The minimum absolute atomic E-state index is 0.105. The van der Waals surface area contributed by atoms with E-state index in [2.05, 4.69) is 49.9 Å². The van der Waals surface area contributed by atoms with E-state index in [1.807, 2.05) is 4.90 Å². The van der Waals surface area contributed by atoms with E-state index in [9.17, 15) is 9.59 Å². The van der Waals surface area contributed by atoms with Gasteiger partial charge in [0.2, 0.25) is 11.8 Å². The fourth-order valence-corrected chi connectivity index (χ4v) is 5.22. The highest BCUT2D eigenvalue weighted by atomic mass is 16.2. The SMILES string of the molecule is CC(C)(C)c1ccc(C2(C(=O)N3CCC(C(=O)N4CCCCCC4)CC3)CC2)cc1. The van der Waals surface area contributed by atoms with Gasteiger partial charge in [0, 0.05) is 32.1 Å². The molecule has 2 heterocycles. The van der Waals surface area contributed by atoms with Crippen LogP contribution >= 0.6 is 0 Å². The predicted molar refractivity (Wildman–Crippen MR) is 120 cm³/mol. The molecule has 1 aromatic rings. The lowest BCUT2D eigenvalue weighted by molar-refractivity contribution is -0.141. The maximum Gasteiger partial charge on any atom is 0.233 e. The van der Waals surface area contributed by atoms with Crippen molar-refractivity contribution in [1.29, 1.82) is 0 Å². The summed E-state index contributed by atoms with van der Waals surface area (Å²) in [6.07, 6.45) is 8.31. The van der Waals surface area contributed by atoms with Crippen molar-refractivity contribution in [1.82, 2.24) is 9.80 Å². The number of rotatable bonds is 3. The van der Waals surface area contributed by atoms with E-state index < -0.39 is 0 Å². The first kappa shape index (κ1) is 21.4. The molecule has 3 aliphatic rings. The van der Waals surface area contributed by atoms with Gasteiger partial charge in [-0.25, -0.2) is 0 Å². The third-order valence-electron chi connectivity index (χ3n) is 7.51. The van der Waals surface area contributed by atoms with Crippen molar-refractivity contribution in [2.24, 2.45) is 5.92 Å². The quantitative estimate of drug-likeness (QED) is 0.727. The number of likely N-dealkylation sites (tertiary alicyclic amines) is 2. The first-order chi connectivity index (χ1) is 14.3. The molecule has 2 amide bonds. The molecule has 0 aromatic heterocycles. The predicted octanol–water partition coefficient (Wildman–Crippen LogP) is 4.66. The molecule has 1 aliphatic carbocycles. The number of amides is 2. The Hall–Kier alpha value is -1.84. The number of hydrogen-bond acceptors (Lipinski definition) is 2. The summed E-state index contributed by atoms with van der Waals surface area (Å²) in [6, 6.07) is 8.71. The lowest BCUT2D eigenvalue weighted by Crippen LogP contribution is -2.47. The normalized spacial score (nSPS) is 22.5. The van der Waals surface area contributed by atoms with Crippen molar-refractivity contribution >= 4 is 11.8 Å². The van der Waals surface area contributed by atoms with E-state index in [-0.39, 0.29) is 22.7 Å². The van der Waals surface area contributed by atoms with Crippen LogP contribution in [-0.2, 0) is 20.4 Å². The highest BCUT2D eigenvalue weighted by Crippen LogP contribution is 2.50. The fourth-order valence-electron chi connectivity index (χ4n) is 5.22. The molecule has 0 atom stereocenters. The Balaban J connectivity index is 1.36. The Kier molecular flexibility index (Phi) is 5.96. The minimum atomic E-state index is -0.307. The summed E-state index contributed by atoms with van der Waals surface area (Å²) in [5.41, 5.74) is 2.30. The van der Waals surface area contributed by atoms with E-state index in [1.54, 1.807) is 0 Å². The molecule has 4 rings (SSSR count). The van der Waals surface area contributed by atoms with Crippen LogP contribution in [0.4, 0.5) is 0 Å². The zero-order valence-corrected chi connectivity index (χ0v) is 19.1. The van der Waals surface area contributed by atoms with Gasteiger partial charge < -0.3 is 9.80 Å². The van der Waals surface area contributed by atoms with Crippen LogP contribution in [-0.4, -0.2) is 47.8 Å². The molecule has 0 unspecified atom stereocenters. The topological polar surface area (TPSA) is 40.6 Å². The van der Waals surface area contributed by atoms with E-state index in [1.165, 1.54) is 24.0 Å². The summed E-state index contributed by atoms with van der Waals surface area (Å²) in [5.74, 6) is 0.725. The highest BCUT2D eigenvalue weighted by Gasteiger charge is 2.53. The van der Waals surface area contributed by atoms with E-state index in [0.29, 0.717) is 5.91 Å². The first-order valence-electron chi connectivity index (χ1n) is 12.0. The molecule has 2 saturated heterocycles. The smallest absolute Gasteiger partial charge is 0.233 e. The number of piperidine rings is 1. The molecule has 0 radical (unpaired) electrons. The van der Waals surface area contributed by atoms with Crippen LogP contribution in [0.25, 0.3) is 0 Å². The molecule has 1 saturated carbocycles. The molecule has 0 spiro atoms. The van der Waals surface area contributed by atoms with Gasteiger partial charge in [0.05, 0.1) is 5.41 Å². The maximum atomic E-state index is 13.4. The van der Waals surface area contributed by atoms with Gasteiger partial charge in [0.1, 0.15) is 0 Å². The Morgan fingerprint density at radius 1 is 0.833 bits per heavy atom. The monoisotopic (exact) mass is 410 g/mol. The molecule has 1 aromatic carbocycles. The summed E-state index contributed by atoms with van der Waals surface area (Å²) < 4.78 is 0. The van der Waals surface area contributed by atoms with Crippen molar-refractivity contribution in [3.8, 4) is 0 Å². The van der Waals surface area contributed by atoms with E-state index in [0.717, 1.165) is 64.7 Å². The molecule has 4 nitrogen and oxygen atoms in total. The maximum absolute atomic E-state index is 13.4. The molecule has 0 bridgehead atoms. The van der Waals surface area contributed by atoms with Crippen molar-refractivity contribution in [3.63, 3.8) is 0 Å². The van der Waals surface area contributed by atoms with Crippen LogP contribution in [0.15, 0.2) is 24.3 Å². The van der Waals surface area contributed by atoms with Crippen molar-refractivity contribution in [2.75, 3.05) is 26.2 Å². The van der Waals surface area contributed by atoms with Crippen molar-refractivity contribution < 1.29 is 9.59 Å². The number of carbonyl (C=O) groups excluding carboxylic acids is 2. The number of hydrogen-bond donors (Lipinski definition) is 0. The Morgan fingerprint density at radius 2 is 1.40 bits per heavy atom. The van der Waals surface area contributed by atoms with E-state index in [4.69, 9.17) is 0 Å². The van der Waals surface area contributed by atoms with Gasteiger partial charge in [-0.3, -0.25) is 9.59 Å². The zero-order chi connectivity index (χ0) is 21.4. The molecule has 30 heavy (non-hydrogen) atoms. The van der Waals surface area contributed by atoms with E-state index >= 15 is 0 Å². The first-order valence-corrected chi connectivity index (χ1v) is 12.0. The summed E-state index contributed by atoms with van der Waals surface area (Å²) in [5, 5.41) is 0.